The molecule has 0 aliphatic heterocycles. The predicted octanol–water partition coefficient (Wildman–Crippen LogP) is 5.48. The molecule has 0 aliphatic rings. The number of rotatable bonds is 8. The minimum absolute atomic E-state index is 0.219. The molecule has 0 fully saturated rings. The summed E-state index contributed by atoms with van der Waals surface area (Å²) in [6, 6.07) is 14.7. The molecule has 0 aliphatic carbocycles. The zero-order chi connectivity index (χ0) is 26.5. The van der Waals surface area contributed by atoms with Gasteiger partial charge in [0.1, 0.15) is 12.3 Å². The Labute approximate surface area is 218 Å². The lowest BCUT2D eigenvalue weighted by molar-refractivity contribution is -0.137. The number of benzene rings is 3. The molecule has 1 N–H and O–H groups in total. The van der Waals surface area contributed by atoms with Crippen molar-refractivity contribution >= 4 is 55.4 Å². The van der Waals surface area contributed by atoms with Crippen LogP contribution in [-0.4, -0.2) is 34.2 Å². The normalized spacial score (nSPS) is 11.9. The minimum atomic E-state index is -4.84. The van der Waals surface area contributed by atoms with Crippen LogP contribution < -0.4 is 14.5 Å². The lowest BCUT2D eigenvalue weighted by Gasteiger charge is -2.24. The molecule has 0 heterocycles. The molecule has 3 aromatic carbocycles. The van der Waals surface area contributed by atoms with E-state index in [1.54, 1.807) is 24.3 Å². The van der Waals surface area contributed by atoms with Gasteiger partial charge in [0.25, 0.3) is 15.9 Å². The number of carbonyl (C=O) groups is 1. The van der Waals surface area contributed by atoms with E-state index in [0.29, 0.717) is 21.7 Å². The molecule has 0 saturated heterocycles. The summed E-state index contributed by atoms with van der Waals surface area (Å²) in [7, 11) is -2.98. The third-order valence-corrected chi connectivity index (χ3v) is 7.36. The predicted molar refractivity (Wildman–Crippen MR) is 134 cm³/mol. The Morgan fingerprint density at radius 1 is 1.14 bits per heavy atom. The molecular weight excluding hydrogens is 587 g/mol. The third kappa shape index (κ3) is 6.56. The number of amides is 1. The van der Waals surface area contributed by atoms with Crippen LogP contribution in [0.3, 0.4) is 0 Å². The summed E-state index contributed by atoms with van der Waals surface area (Å²) in [5.41, 5.74) is 1.05. The number of sulfonamides is 1. The first-order chi connectivity index (χ1) is 16.9. The zero-order valence-electron chi connectivity index (χ0n) is 18.5. The van der Waals surface area contributed by atoms with Crippen molar-refractivity contribution in [2.45, 2.75) is 11.1 Å². The third-order valence-electron chi connectivity index (χ3n) is 4.75. The Morgan fingerprint density at radius 3 is 2.47 bits per heavy atom. The van der Waals surface area contributed by atoms with Crippen LogP contribution in [0.25, 0.3) is 0 Å². The maximum atomic E-state index is 13.4. The summed E-state index contributed by atoms with van der Waals surface area (Å²) in [6.45, 7) is -0.858. The molecule has 3 rings (SSSR count). The van der Waals surface area contributed by atoms with Gasteiger partial charge in [-0.3, -0.25) is 9.10 Å². The van der Waals surface area contributed by atoms with Crippen LogP contribution in [0, 0.1) is 0 Å². The lowest BCUT2D eigenvalue weighted by Crippen LogP contribution is -2.39. The quantitative estimate of drug-likeness (QED) is 0.273. The second-order valence-corrected chi connectivity index (χ2v) is 10.4. The number of carbonyl (C=O) groups excluding carboxylic acids is 1. The molecule has 3 aromatic rings. The fraction of sp³-hybridized carbons (Fsp3) is 0.130. The van der Waals surface area contributed by atoms with Gasteiger partial charge in [0, 0.05) is 10.0 Å². The Balaban J connectivity index is 1.94. The van der Waals surface area contributed by atoms with E-state index in [2.05, 4.69) is 26.5 Å². The smallest absolute Gasteiger partial charge is 0.417 e. The Hall–Kier alpha value is -3.09. The first-order valence-corrected chi connectivity index (χ1v) is 12.6. The summed E-state index contributed by atoms with van der Waals surface area (Å²) < 4.78 is 73.4. The molecule has 190 valence electrons. The molecule has 13 heteroatoms. The van der Waals surface area contributed by atoms with Gasteiger partial charge >= 0.3 is 6.18 Å². The Bertz CT molecular complexity index is 1390. The average molecular weight is 605 g/mol. The maximum absolute atomic E-state index is 13.4. The SMILES string of the molecule is COc1ccc(Br)cc1/C=N\NC(=O)CN(c1ccc(Cl)c(C(F)(F)F)c1)S(=O)(=O)c1ccccc1. The molecule has 0 radical (unpaired) electrons. The standard InChI is InChI=1S/C23H18BrClF3N3O4S/c1-35-21-10-7-16(24)11-15(21)13-29-30-22(32)14-31(36(33,34)18-5-3-2-4-6-18)17-8-9-20(25)19(12-17)23(26,27)28/h2-13H,14H2,1H3,(H,30,32)/b29-13-. The number of anilines is 1. The number of ether oxygens (including phenoxy) is 1. The van der Waals surface area contributed by atoms with Gasteiger partial charge in [-0.25, -0.2) is 13.8 Å². The van der Waals surface area contributed by atoms with Gasteiger partial charge < -0.3 is 4.74 Å². The van der Waals surface area contributed by atoms with Gasteiger partial charge in [-0.15, -0.1) is 0 Å². The van der Waals surface area contributed by atoms with Gasteiger partial charge in [-0.05, 0) is 48.5 Å². The van der Waals surface area contributed by atoms with E-state index in [-0.39, 0.29) is 4.90 Å². The number of hydrogen-bond acceptors (Lipinski definition) is 5. The summed E-state index contributed by atoms with van der Waals surface area (Å²) in [5.74, 6) is -0.437. The number of hydrazone groups is 1. The highest BCUT2D eigenvalue weighted by Gasteiger charge is 2.35. The van der Waals surface area contributed by atoms with Crippen molar-refractivity contribution in [2.24, 2.45) is 5.10 Å². The van der Waals surface area contributed by atoms with E-state index in [1.165, 1.54) is 37.6 Å². The highest BCUT2D eigenvalue weighted by molar-refractivity contribution is 9.10. The highest BCUT2D eigenvalue weighted by atomic mass is 79.9. The largest absolute Gasteiger partial charge is 0.496 e. The van der Waals surface area contributed by atoms with Crippen molar-refractivity contribution in [1.82, 2.24) is 5.43 Å². The topological polar surface area (TPSA) is 88.1 Å². The van der Waals surface area contributed by atoms with Crippen LogP contribution >= 0.6 is 27.5 Å². The van der Waals surface area contributed by atoms with Crippen LogP contribution in [-0.2, 0) is 21.0 Å². The van der Waals surface area contributed by atoms with Crippen molar-refractivity contribution in [3.63, 3.8) is 0 Å². The van der Waals surface area contributed by atoms with Gasteiger partial charge in [-0.1, -0.05) is 45.7 Å². The average Bonchev–Trinajstić information content (AvgIpc) is 2.83. The van der Waals surface area contributed by atoms with E-state index < -0.39 is 44.9 Å². The van der Waals surface area contributed by atoms with Crippen LogP contribution in [0.1, 0.15) is 11.1 Å². The number of alkyl halides is 3. The monoisotopic (exact) mass is 603 g/mol. The molecule has 0 atom stereocenters. The Kier molecular flexibility index (Phi) is 8.64. The highest BCUT2D eigenvalue weighted by Crippen LogP contribution is 2.38. The molecule has 0 spiro atoms. The molecule has 0 saturated carbocycles. The minimum Gasteiger partial charge on any atom is -0.496 e. The fourth-order valence-electron chi connectivity index (χ4n) is 3.07. The van der Waals surface area contributed by atoms with E-state index >= 15 is 0 Å². The van der Waals surface area contributed by atoms with E-state index in [0.717, 1.165) is 16.6 Å². The second-order valence-electron chi connectivity index (χ2n) is 7.17. The molecule has 0 unspecified atom stereocenters. The van der Waals surface area contributed by atoms with Crippen molar-refractivity contribution in [2.75, 3.05) is 18.0 Å². The molecular formula is C23H18BrClF3N3O4S. The van der Waals surface area contributed by atoms with E-state index in [4.69, 9.17) is 16.3 Å². The van der Waals surface area contributed by atoms with Gasteiger partial charge in [0.2, 0.25) is 0 Å². The number of methoxy groups -OCH3 is 1. The zero-order valence-corrected chi connectivity index (χ0v) is 21.6. The molecule has 0 aromatic heterocycles. The van der Waals surface area contributed by atoms with Crippen molar-refractivity contribution in [1.29, 1.82) is 0 Å². The second kappa shape index (κ2) is 11.3. The lowest BCUT2D eigenvalue weighted by atomic mass is 10.2. The van der Waals surface area contributed by atoms with Gasteiger partial charge in [0.05, 0.1) is 34.5 Å². The van der Waals surface area contributed by atoms with Crippen LogP contribution in [0.15, 0.2) is 81.2 Å². The molecule has 36 heavy (non-hydrogen) atoms. The number of hydrogen-bond donors (Lipinski definition) is 1. The van der Waals surface area contributed by atoms with Gasteiger partial charge in [0.15, 0.2) is 0 Å². The van der Waals surface area contributed by atoms with E-state index in [9.17, 15) is 26.4 Å². The first kappa shape index (κ1) is 27.5. The van der Waals surface area contributed by atoms with Gasteiger partial charge in [-0.2, -0.15) is 18.3 Å². The van der Waals surface area contributed by atoms with Crippen molar-refractivity contribution in [3.8, 4) is 5.75 Å². The molecule has 0 bridgehead atoms. The summed E-state index contributed by atoms with van der Waals surface area (Å²) in [4.78, 5) is 12.4. The number of nitrogens with one attached hydrogen (secondary N) is 1. The molecule has 7 nitrogen and oxygen atoms in total. The Morgan fingerprint density at radius 2 is 1.83 bits per heavy atom. The van der Waals surface area contributed by atoms with Crippen molar-refractivity contribution in [3.05, 3.63) is 87.4 Å². The van der Waals surface area contributed by atoms with E-state index in [1.807, 2.05) is 0 Å². The summed E-state index contributed by atoms with van der Waals surface area (Å²) >= 11 is 8.99. The van der Waals surface area contributed by atoms with Crippen molar-refractivity contribution < 1.29 is 31.1 Å². The number of halogens is 5. The van der Waals surface area contributed by atoms with Crippen LogP contribution in [0.2, 0.25) is 5.02 Å². The van der Waals surface area contributed by atoms with Crippen LogP contribution in [0.4, 0.5) is 18.9 Å². The number of nitrogens with zero attached hydrogens (tertiary/aromatic N) is 2. The maximum Gasteiger partial charge on any atom is 0.417 e. The first-order valence-electron chi connectivity index (χ1n) is 10.0. The summed E-state index contributed by atoms with van der Waals surface area (Å²) in [5, 5.41) is 3.20. The van der Waals surface area contributed by atoms with Crippen LogP contribution in [0.5, 0.6) is 5.75 Å². The summed E-state index contributed by atoms with van der Waals surface area (Å²) in [6.07, 6.45) is -3.56. The fourth-order valence-corrected chi connectivity index (χ4v) is 5.10. The molecule has 1 amide bonds.